The van der Waals surface area contributed by atoms with Crippen molar-refractivity contribution < 1.29 is 9.18 Å². The molecule has 2 aromatic rings. The standard InChI is InChI=1S/C14H12Cl2FN3O/c15-9-2-1-8(12(16)5-9)3-4-19-14(21)11-6-10(17)7-20-13(11)18/h1-2,5-7H,3-4H2,(H2,18,20)(H,19,21). The number of anilines is 1. The Labute approximate surface area is 131 Å². The van der Waals surface area contributed by atoms with Crippen molar-refractivity contribution in [2.75, 3.05) is 12.3 Å². The molecule has 0 aliphatic carbocycles. The number of nitrogen functional groups attached to an aromatic ring is 1. The van der Waals surface area contributed by atoms with Crippen LogP contribution in [0.25, 0.3) is 0 Å². The van der Waals surface area contributed by atoms with Gasteiger partial charge < -0.3 is 11.1 Å². The van der Waals surface area contributed by atoms with Crippen molar-refractivity contribution in [3.63, 3.8) is 0 Å². The van der Waals surface area contributed by atoms with E-state index in [-0.39, 0.29) is 11.4 Å². The van der Waals surface area contributed by atoms with Gasteiger partial charge in [-0.2, -0.15) is 0 Å². The van der Waals surface area contributed by atoms with Crippen LogP contribution in [-0.4, -0.2) is 17.4 Å². The van der Waals surface area contributed by atoms with E-state index in [1.165, 1.54) is 0 Å². The first kappa shape index (κ1) is 15.5. The number of amides is 1. The topological polar surface area (TPSA) is 68.0 Å². The first-order chi connectivity index (χ1) is 9.97. The molecule has 1 amide bonds. The Morgan fingerprint density at radius 2 is 2.10 bits per heavy atom. The van der Waals surface area contributed by atoms with Crippen molar-refractivity contribution in [1.29, 1.82) is 0 Å². The van der Waals surface area contributed by atoms with Crippen LogP contribution in [0.4, 0.5) is 10.2 Å². The SMILES string of the molecule is Nc1ncc(F)cc1C(=O)NCCc1ccc(Cl)cc1Cl. The van der Waals surface area contributed by atoms with Crippen LogP contribution in [-0.2, 0) is 6.42 Å². The molecule has 1 aromatic carbocycles. The summed E-state index contributed by atoms with van der Waals surface area (Å²) < 4.78 is 13.1. The molecule has 1 aromatic heterocycles. The lowest BCUT2D eigenvalue weighted by Gasteiger charge is -2.08. The molecule has 0 radical (unpaired) electrons. The number of aromatic nitrogens is 1. The highest BCUT2D eigenvalue weighted by Gasteiger charge is 2.12. The molecule has 4 nitrogen and oxygen atoms in total. The number of hydrogen-bond donors (Lipinski definition) is 2. The Morgan fingerprint density at radius 3 is 2.81 bits per heavy atom. The third-order valence-electron chi connectivity index (χ3n) is 2.82. The van der Waals surface area contributed by atoms with Crippen molar-refractivity contribution in [2.45, 2.75) is 6.42 Å². The molecule has 0 saturated carbocycles. The Bertz CT molecular complexity index is 679. The Morgan fingerprint density at radius 1 is 1.33 bits per heavy atom. The zero-order chi connectivity index (χ0) is 15.4. The van der Waals surface area contributed by atoms with Crippen molar-refractivity contribution in [3.8, 4) is 0 Å². The van der Waals surface area contributed by atoms with Gasteiger partial charge in [-0.05, 0) is 30.2 Å². The summed E-state index contributed by atoms with van der Waals surface area (Å²) in [5.41, 5.74) is 6.40. The fourth-order valence-corrected chi connectivity index (χ4v) is 2.27. The maximum absolute atomic E-state index is 13.1. The molecule has 21 heavy (non-hydrogen) atoms. The number of carbonyl (C=O) groups excluding carboxylic acids is 1. The molecule has 0 aliphatic heterocycles. The van der Waals surface area contributed by atoms with Gasteiger partial charge in [0.05, 0.1) is 11.8 Å². The highest BCUT2D eigenvalue weighted by atomic mass is 35.5. The first-order valence-corrected chi connectivity index (χ1v) is 6.86. The van der Waals surface area contributed by atoms with E-state index in [1.807, 2.05) is 0 Å². The second kappa shape index (κ2) is 6.74. The lowest BCUT2D eigenvalue weighted by molar-refractivity contribution is 0.0954. The van der Waals surface area contributed by atoms with Crippen LogP contribution in [0.1, 0.15) is 15.9 Å². The number of rotatable bonds is 4. The monoisotopic (exact) mass is 327 g/mol. The molecule has 0 saturated heterocycles. The van der Waals surface area contributed by atoms with Gasteiger partial charge in [0, 0.05) is 16.6 Å². The largest absolute Gasteiger partial charge is 0.383 e. The summed E-state index contributed by atoms with van der Waals surface area (Å²) in [5.74, 6) is -1.11. The number of halogens is 3. The van der Waals surface area contributed by atoms with Gasteiger partial charge >= 0.3 is 0 Å². The number of nitrogens with one attached hydrogen (secondary N) is 1. The van der Waals surface area contributed by atoms with Crippen molar-refractivity contribution in [1.82, 2.24) is 10.3 Å². The maximum atomic E-state index is 13.1. The summed E-state index contributed by atoms with van der Waals surface area (Å²) in [6.45, 7) is 0.330. The minimum absolute atomic E-state index is 0.0113. The van der Waals surface area contributed by atoms with Crippen LogP contribution in [0.5, 0.6) is 0 Å². The lowest BCUT2D eigenvalue weighted by Crippen LogP contribution is -2.27. The number of pyridine rings is 1. The Balaban J connectivity index is 1.97. The first-order valence-electron chi connectivity index (χ1n) is 6.10. The van der Waals surface area contributed by atoms with Gasteiger partial charge in [0.25, 0.3) is 5.91 Å². The molecule has 3 N–H and O–H groups in total. The fourth-order valence-electron chi connectivity index (χ4n) is 1.76. The summed E-state index contributed by atoms with van der Waals surface area (Å²) in [7, 11) is 0. The van der Waals surface area contributed by atoms with Crippen LogP contribution in [0.2, 0.25) is 10.0 Å². The minimum atomic E-state index is -0.616. The van der Waals surface area contributed by atoms with E-state index in [1.54, 1.807) is 18.2 Å². The molecule has 7 heteroatoms. The number of nitrogens with zero attached hydrogens (tertiary/aromatic N) is 1. The average Bonchev–Trinajstić information content (AvgIpc) is 2.43. The quantitative estimate of drug-likeness (QED) is 0.906. The number of nitrogens with two attached hydrogens (primary N) is 1. The summed E-state index contributed by atoms with van der Waals surface area (Å²) in [6.07, 6.45) is 1.48. The van der Waals surface area contributed by atoms with Crippen LogP contribution in [0.3, 0.4) is 0 Å². The van der Waals surface area contributed by atoms with E-state index in [4.69, 9.17) is 28.9 Å². The van der Waals surface area contributed by atoms with E-state index in [0.29, 0.717) is 23.0 Å². The molecule has 0 unspecified atom stereocenters. The van der Waals surface area contributed by atoms with Gasteiger partial charge in [0.15, 0.2) is 0 Å². The second-order valence-electron chi connectivity index (χ2n) is 4.33. The molecule has 1 heterocycles. The highest BCUT2D eigenvalue weighted by molar-refractivity contribution is 6.35. The average molecular weight is 328 g/mol. The lowest BCUT2D eigenvalue weighted by atomic mass is 10.1. The number of hydrogen-bond acceptors (Lipinski definition) is 3. The van der Waals surface area contributed by atoms with E-state index >= 15 is 0 Å². The molecular weight excluding hydrogens is 316 g/mol. The van der Waals surface area contributed by atoms with Gasteiger partial charge in [-0.1, -0.05) is 29.3 Å². The molecule has 0 spiro atoms. The van der Waals surface area contributed by atoms with Crippen molar-refractivity contribution in [2.24, 2.45) is 0 Å². The van der Waals surface area contributed by atoms with Crippen LogP contribution in [0, 0.1) is 5.82 Å². The molecular formula is C14H12Cl2FN3O. The molecule has 110 valence electrons. The fraction of sp³-hybridized carbons (Fsp3) is 0.143. The molecule has 0 aliphatic rings. The minimum Gasteiger partial charge on any atom is -0.383 e. The van der Waals surface area contributed by atoms with Gasteiger partial charge in [0.1, 0.15) is 11.6 Å². The van der Waals surface area contributed by atoms with E-state index in [9.17, 15) is 9.18 Å². The second-order valence-corrected chi connectivity index (χ2v) is 5.17. The molecule has 0 atom stereocenters. The summed E-state index contributed by atoms with van der Waals surface area (Å²) in [4.78, 5) is 15.5. The summed E-state index contributed by atoms with van der Waals surface area (Å²) in [5, 5.41) is 3.72. The Hall–Kier alpha value is -1.85. The smallest absolute Gasteiger partial charge is 0.255 e. The number of benzene rings is 1. The molecule has 2 rings (SSSR count). The Kier molecular flexibility index (Phi) is 4.98. The van der Waals surface area contributed by atoms with Gasteiger partial charge in [-0.3, -0.25) is 4.79 Å². The maximum Gasteiger partial charge on any atom is 0.255 e. The highest BCUT2D eigenvalue weighted by Crippen LogP contribution is 2.21. The number of carbonyl (C=O) groups is 1. The summed E-state index contributed by atoms with van der Waals surface area (Å²) >= 11 is 11.8. The zero-order valence-corrected chi connectivity index (χ0v) is 12.4. The van der Waals surface area contributed by atoms with E-state index < -0.39 is 11.7 Å². The van der Waals surface area contributed by atoms with E-state index in [2.05, 4.69) is 10.3 Å². The summed E-state index contributed by atoms with van der Waals surface area (Å²) in [6, 6.07) is 6.19. The van der Waals surface area contributed by atoms with E-state index in [0.717, 1.165) is 17.8 Å². The third-order valence-corrected chi connectivity index (χ3v) is 3.41. The van der Waals surface area contributed by atoms with Crippen LogP contribution < -0.4 is 11.1 Å². The van der Waals surface area contributed by atoms with Crippen LogP contribution in [0.15, 0.2) is 30.5 Å². The predicted molar refractivity (Wildman–Crippen MR) is 81.1 cm³/mol. The van der Waals surface area contributed by atoms with Crippen LogP contribution >= 0.6 is 23.2 Å². The predicted octanol–water partition coefficient (Wildman–Crippen LogP) is 3.08. The van der Waals surface area contributed by atoms with Gasteiger partial charge in [-0.15, -0.1) is 0 Å². The van der Waals surface area contributed by atoms with Crippen molar-refractivity contribution in [3.05, 3.63) is 57.5 Å². The molecule has 0 bridgehead atoms. The third kappa shape index (κ3) is 4.06. The molecule has 0 fully saturated rings. The van der Waals surface area contributed by atoms with Gasteiger partial charge in [-0.25, -0.2) is 9.37 Å². The normalized spacial score (nSPS) is 10.4. The van der Waals surface area contributed by atoms with Crippen molar-refractivity contribution >= 4 is 34.9 Å². The van der Waals surface area contributed by atoms with Gasteiger partial charge in [0.2, 0.25) is 0 Å². The zero-order valence-electron chi connectivity index (χ0n) is 10.9.